The number of nitrogens with zero attached hydrogens (tertiary/aromatic N) is 2. The summed E-state index contributed by atoms with van der Waals surface area (Å²) in [5.74, 6) is 1.28. The number of carbonyl (C=O) groups is 1. The highest BCUT2D eigenvalue weighted by Gasteiger charge is 2.25. The Labute approximate surface area is 237 Å². The van der Waals surface area contributed by atoms with Crippen molar-refractivity contribution in [2.24, 2.45) is 5.92 Å². The second kappa shape index (κ2) is 15.2. The lowest BCUT2D eigenvalue weighted by molar-refractivity contribution is 0.0492. The van der Waals surface area contributed by atoms with Gasteiger partial charge in [0.15, 0.2) is 0 Å². The van der Waals surface area contributed by atoms with Crippen molar-refractivity contribution in [2.45, 2.75) is 104 Å². The fraction of sp³-hybridized carbons (Fsp3) is 0.562. The topological polar surface area (TPSA) is 65.4 Å². The van der Waals surface area contributed by atoms with E-state index in [0.717, 1.165) is 48.8 Å². The largest absolute Gasteiger partial charge is 0.444 e. The molecule has 2 atom stereocenters. The van der Waals surface area contributed by atoms with Crippen molar-refractivity contribution in [3.8, 4) is 11.3 Å². The third kappa shape index (κ3) is 11.6. The molecular weight excluding hydrogens is 502 g/mol. The van der Waals surface area contributed by atoms with Gasteiger partial charge in [-0.25, -0.2) is 9.78 Å². The molecule has 39 heavy (non-hydrogen) atoms. The van der Waals surface area contributed by atoms with Crippen LogP contribution in [0.4, 0.5) is 4.79 Å². The highest BCUT2D eigenvalue weighted by atomic mass is 28.3. The number of carbonyl (C=O) groups excluding carboxylic acids is 1. The molecule has 0 aliphatic rings. The summed E-state index contributed by atoms with van der Waals surface area (Å²) in [6.07, 6.45) is 10.2. The Morgan fingerprint density at radius 2 is 1.85 bits per heavy atom. The maximum atomic E-state index is 12.7. The zero-order valence-electron chi connectivity index (χ0n) is 25.4. The van der Waals surface area contributed by atoms with Crippen LogP contribution in [-0.2, 0) is 22.6 Å². The SMILES string of the molecule is C=CCC(CCC)Cc1ccccc1-c1cn(COCC[Si](C)(C)C)c([C@H](CC=C)NC(=O)OC(C)(C)C)n1. The molecule has 1 aromatic carbocycles. The number of imidazole rings is 1. The molecule has 0 radical (unpaired) electrons. The summed E-state index contributed by atoms with van der Waals surface area (Å²) in [4.78, 5) is 17.8. The number of hydrogen-bond donors (Lipinski definition) is 1. The van der Waals surface area contributed by atoms with E-state index in [1.165, 1.54) is 5.56 Å². The van der Waals surface area contributed by atoms with Crippen LogP contribution in [0.5, 0.6) is 0 Å². The molecule has 0 saturated carbocycles. The highest BCUT2D eigenvalue weighted by molar-refractivity contribution is 6.76. The maximum absolute atomic E-state index is 12.7. The van der Waals surface area contributed by atoms with Crippen LogP contribution in [0.3, 0.4) is 0 Å². The lowest BCUT2D eigenvalue weighted by Gasteiger charge is -2.23. The van der Waals surface area contributed by atoms with Gasteiger partial charge in [-0.1, -0.05) is 75.8 Å². The van der Waals surface area contributed by atoms with Crippen LogP contribution in [0.25, 0.3) is 11.3 Å². The molecule has 0 spiro atoms. The quantitative estimate of drug-likeness (QED) is 0.128. The Bertz CT molecular complexity index is 1070. The Morgan fingerprint density at radius 1 is 1.15 bits per heavy atom. The van der Waals surface area contributed by atoms with Crippen molar-refractivity contribution in [2.75, 3.05) is 6.61 Å². The first-order chi connectivity index (χ1) is 18.4. The average Bonchev–Trinajstić information content (AvgIpc) is 3.24. The van der Waals surface area contributed by atoms with Gasteiger partial charge in [0.05, 0.1) is 11.7 Å². The van der Waals surface area contributed by atoms with Gasteiger partial charge in [-0.2, -0.15) is 0 Å². The third-order valence-corrected chi connectivity index (χ3v) is 8.14. The molecular formula is C32H51N3O3Si. The van der Waals surface area contributed by atoms with Crippen LogP contribution in [0.15, 0.2) is 55.8 Å². The minimum Gasteiger partial charge on any atom is -0.444 e. The molecule has 1 N–H and O–H groups in total. The number of hydrogen-bond acceptors (Lipinski definition) is 4. The van der Waals surface area contributed by atoms with Gasteiger partial charge >= 0.3 is 6.09 Å². The second-order valence-corrected chi connectivity index (χ2v) is 18.2. The molecule has 1 amide bonds. The summed E-state index contributed by atoms with van der Waals surface area (Å²) in [7, 11) is -1.22. The van der Waals surface area contributed by atoms with E-state index in [2.05, 4.69) is 75.5 Å². The smallest absolute Gasteiger partial charge is 0.408 e. The molecule has 0 saturated heterocycles. The van der Waals surface area contributed by atoms with E-state index in [-0.39, 0.29) is 0 Å². The van der Waals surface area contributed by atoms with E-state index in [9.17, 15) is 4.79 Å². The molecule has 0 fully saturated rings. The second-order valence-electron chi connectivity index (χ2n) is 12.6. The zero-order valence-corrected chi connectivity index (χ0v) is 26.4. The number of ether oxygens (including phenoxy) is 2. The number of allylic oxidation sites excluding steroid dienone is 1. The van der Waals surface area contributed by atoms with E-state index in [0.29, 0.717) is 25.7 Å². The molecule has 2 aromatic rings. The fourth-order valence-electron chi connectivity index (χ4n) is 4.53. The third-order valence-electron chi connectivity index (χ3n) is 6.44. The minimum absolute atomic E-state index is 0.369. The summed E-state index contributed by atoms with van der Waals surface area (Å²) in [6, 6.07) is 9.18. The van der Waals surface area contributed by atoms with Crippen LogP contribution >= 0.6 is 0 Å². The normalized spacial score (nSPS) is 13.5. The van der Waals surface area contributed by atoms with E-state index in [1.807, 2.05) is 31.4 Å². The Morgan fingerprint density at radius 3 is 2.46 bits per heavy atom. The molecule has 0 bridgehead atoms. The highest BCUT2D eigenvalue weighted by Crippen LogP contribution is 2.30. The number of alkyl carbamates (subject to hydrolysis) is 1. The summed E-state index contributed by atoms with van der Waals surface area (Å²) in [6.45, 7) is 23.8. The molecule has 7 heteroatoms. The molecule has 2 rings (SSSR count). The first kappa shape index (κ1) is 32.6. The molecule has 1 aromatic heterocycles. The average molecular weight is 554 g/mol. The first-order valence-electron chi connectivity index (χ1n) is 14.3. The lowest BCUT2D eigenvalue weighted by atomic mass is 9.89. The van der Waals surface area contributed by atoms with Gasteiger partial charge in [-0.3, -0.25) is 0 Å². The first-order valence-corrected chi connectivity index (χ1v) is 18.0. The number of nitrogens with one attached hydrogen (secondary N) is 1. The van der Waals surface area contributed by atoms with Crippen molar-refractivity contribution in [3.05, 3.63) is 67.2 Å². The summed E-state index contributed by atoms with van der Waals surface area (Å²) < 4.78 is 13.7. The van der Waals surface area contributed by atoms with E-state index in [4.69, 9.17) is 14.5 Å². The van der Waals surface area contributed by atoms with Gasteiger partial charge in [0.2, 0.25) is 0 Å². The summed E-state index contributed by atoms with van der Waals surface area (Å²) in [5.41, 5.74) is 2.67. The van der Waals surface area contributed by atoms with Crippen LogP contribution in [-0.4, -0.2) is 35.9 Å². The van der Waals surface area contributed by atoms with Crippen molar-refractivity contribution >= 4 is 14.2 Å². The number of aromatic nitrogens is 2. The van der Waals surface area contributed by atoms with Gasteiger partial charge in [-0.15, -0.1) is 13.2 Å². The van der Waals surface area contributed by atoms with Crippen LogP contribution in [0.2, 0.25) is 25.7 Å². The van der Waals surface area contributed by atoms with E-state index in [1.54, 1.807) is 6.08 Å². The lowest BCUT2D eigenvalue weighted by Crippen LogP contribution is -2.36. The molecule has 1 unspecified atom stereocenters. The maximum Gasteiger partial charge on any atom is 0.408 e. The summed E-state index contributed by atoms with van der Waals surface area (Å²) in [5, 5.41) is 3.02. The molecule has 1 heterocycles. The standard InChI is InChI=1S/C32H51N3O3Si/c1-10-15-25(16-11-2)22-26-18-13-14-19-27(26)29-23-35(24-37-20-21-39(7,8)9)30(33-29)28(17-12-3)34-31(36)38-32(4,5)6/h10,12-14,18-19,23,25,28H,1,3,11,15-17,20-22,24H2,2,4-9H3,(H,34,36)/t25?,28-/m0/s1. The van der Waals surface area contributed by atoms with Crippen LogP contribution < -0.4 is 5.32 Å². The number of benzene rings is 1. The monoisotopic (exact) mass is 553 g/mol. The molecule has 216 valence electrons. The predicted octanol–water partition coefficient (Wildman–Crippen LogP) is 8.54. The minimum atomic E-state index is -1.22. The number of amides is 1. The van der Waals surface area contributed by atoms with E-state index >= 15 is 0 Å². The molecule has 6 nitrogen and oxygen atoms in total. The fourth-order valence-corrected chi connectivity index (χ4v) is 5.29. The van der Waals surface area contributed by atoms with Gasteiger partial charge in [-0.05, 0) is 57.6 Å². The number of rotatable bonds is 16. The van der Waals surface area contributed by atoms with E-state index < -0.39 is 25.8 Å². The Kier molecular flexibility index (Phi) is 12.7. The van der Waals surface area contributed by atoms with Crippen molar-refractivity contribution in [3.63, 3.8) is 0 Å². The van der Waals surface area contributed by atoms with Crippen LogP contribution in [0.1, 0.15) is 70.8 Å². The molecule has 0 aliphatic heterocycles. The van der Waals surface area contributed by atoms with Gasteiger partial charge in [0, 0.05) is 26.4 Å². The zero-order chi connectivity index (χ0) is 29.1. The Hall–Kier alpha value is -2.64. The predicted molar refractivity (Wildman–Crippen MR) is 166 cm³/mol. The van der Waals surface area contributed by atoms with Crippen LogP contribution in [0, 0.1) is 5.92 Å². The van der Waals surface area contributed by atoms with Gasteiger partial charge in [0.1, 0.15) is 18.2 Å². The van der Waals surface area contributed by atoms with Crippen molar-refractivity contribution < 1.29 is 14.3 Å². The summed E-state index contributed by atoms with van der Waals surface area (Å²) >= 11 is 0. The van der Waals surface area contributed by atoms with Crippen molar-refractivity contribution in [1.29, 1.82) is 0 Å². The van der Waals surface area contributed by atoms with Crippen molar-refractivity contribution in [1.82, 2.24) is 14.9 Å². The Balaban J connectivity index is 2.45. The van der Waals surface area contributed by atoms with Gasteiger partial charge < -0.3 is 19.4 Å². The molecule has 0 aliphatic carbocycles. The van der Waals surface area contributed by atoms with Gasteiger partial charge in [0.25, 0.3) is 0 Å².